The zero-order valence-electron chi connectivity index (χ0n) is 8.21. The molecule has 1 amide bonds. The van der Waals surface area contributed by atoms with E-state index in [-0.39, 0.29) is 18.1 Å². The molecule has 13 heavy (non-hydrogen) atoms. The lowest BCUT2D eigenvalue weighted by molar-refractivity contribution is -0.124. The summed E-state index contributed by atoms with van der Waals surface area (Å²) >= 11 is 0. The van der Waals surface area contributed by atoms with Crippen LogP contribution >= 0.6 is 0 Å². The minimum atomic E-state index is -0.118. The average Bonchev–Trinajstić information content (AvgIpc) is 2.56. The largest absolute Gasteiger partial charge is 0.356 e. The molecule has 1 N–H and O–H groups in total. The number of hydrogen-bond donors (Lipinski definition) is 1. The quantitative estimate of drug-likeness (QED) is 0.698. The third-order valence-corrected chi connectivity index (χ3v) is 1.89. The van der Waals surface area contributed by atoms with Crippen LogP contribution in [-0.2, 0) is 14.3 Å². The van der Waals surface area contributed by atoms with Crippen LogP contribution in [0.5, 0.6) is 0 Å². The van der Waals surface area contributed by atoms with Gasteiger partial charge >= 0.3 is 0 Å². The van der Waals surface area contributed by atoms with Crippen molar-refractivity contribution in [2.24, 2.45) is 5.92 Å². The molecule has 0 atom stereocenters. The van der Waals surface area contributed by atoms with E-state index in [4.69, 9.17) is 9.47 Å². The van der Waals surface area contributed by atoms with Gasteiger partial charge < -0.3 is 14.8 Å². The molecule has 0 unspecified atom stereocenters. The van der Waals surface area contributed by atoms with Crippen molar-refractivity contribution in [2.75, 3.05) is 19.8 Å². The van der Waals surface area contributed by atoms with Crippen LogP contribution in [0.2, 0.25) is 0 Å². The van der Waals surface area contributed by atoms with Gasteiger partial charge in [-0.2, -0.15) is 0 Å². The lowest BCUT2D eigenvalue weighted by atomic mass is 10.2. The van der Waals surface area contributed by atoms with Gasteiger partial charge in [-0.25, -0.2) is 0 Å². The van der Waals surface area contributed by atoms with Gasteiger partial charge in [0.05, 0.1) is 13.2 Å². The summed E-state index contributed by atoms with van der Waals surface area (Å²) in [5.74, 6) is 0.128. The van der Waals surface area contributed by atoms with Crippen molar-refractivity contribution in [3.05, 3.63) is 0 Å². The molecular weight excluding hydrogens is 170 g/mol. The van der Waals surface area contributed by atoms with E-state index < -0.39 is 0 Å². The summed E-state index contributed by atoms with van der Waals surface area (Å²) in [7, 11) is 0. The number of amides is 1. The normalized spacial score (nSPS) is 18.1. The molecule has 0 radical (unpaired) electrons. The second-order valence-corrected chi connectivity index (χ2v) is 3.41. The summed E-state index contributed by atoms with van der Waals surface area (Å²) in [6.07, 6.45) is 0.616. The number of ether oxygens (including phenoxy) is 2. The highest BCUT2D eigenvalue weighted by atomic mass is 16.7. The van der Waals surface area contributed by atoms with Crippen LogP contribution in [0.3, 0.4) is 0 Å². The zero-order chi connectivity index (χ0) is 9.68. The minimum Gasteiger partial charge on any atom is -0.356 e. The summed E-state index contributed by atoms with van der Waals surface area (Å²) in [5, 5.41) is 2.81. The van der Waals surface area contributed by atoms with Crippen molar-refractivity contribution >= 4 is 5.91 Å². The third kappa shape index (κ3) is 3.74. The maximum atomic E-state index is 11.1. The van der Waals surface area contributed by atoms with Crippen LogP contribution in [0.15, 0.2) is 0 Å². The summed E-state index contributed by atoms with van der Waals surface area (Å²) in [4.78, 5) is 11.1. The Bertz CT molecular complexity index is 164. The van der Waals surface area contributed by atoms with Gasteiger partial charge in [-0.15, -0.1) is 0 Å². The van der Waals surface area contributed by atoms with Crippen LogP contribution in [0.25, 0.3) is 0 Å². The smallest absolute Gasteiger partial charge is 0.222 e. The fraction of sp³-hybridized carbons (Fsp3) is 0.889. The first kappa shape index (κ1) is 10.5. The van der Waals surface area contributed by atoms with Crippen LogP contribution < -0.4 is 5.32 Å². The molecule has 4 heteroatoms. The van der Waals surface area contributed by atoms with E-state index in [1.807, 2.05) is 13.8 Å². The summed E-state index contributed by atoms with van der Waals surface area (Å²) in [5.41, 5.74) is 0. The fourth-order valence-corrected chi connectivity index (χ4v) is 1.09. The predicted octanol–water partition coefficient (Wildman–Crippen LogP) is 0.522. The molecular formula is C9H17NO3. The monoisotopic (exact) mass is 187 g/mol. The van der Waals surface area contributed by atoms with Gasteiger partial charge in [-0.05, 0) is 0 Å². The fourth-order valence-electron chi connectivity index (χ4n) is 1.09. The van der Waals surface area contributed by atoms with Crippen molar-refractivity contribution in [3.63, 3.8) is 0 Å². The van der Waals surface area contributed by atoms with E-state index in [1.165, 1.54) is 0 Å². The molecule has 0 aromatic rings. The van der Waals surface area contributed by atoms with E-state index in [0.717, 1.165) is 6.42 Å². The van der Waals surface area contributed by atoms with Crippen molar-refractivity contribution in [2.45, 2.75) is 26.6 Å². The SMILES string of the molecule is CC(C)C(=O)NCCC1OCCO1. The van der Waals surface area contributed by atoms with Crippen molar-refractivity contribution < 1.29 is 14.3 Å². The summed E-state index contributed by atoms with van der Waals surface area (Å²) in [6, 6.07) is 0. The van der Waals surface area contributed by atoms with E-state index in [0.29, 0.717) is 19.8 Å². The Morgan fingerprint density at radius 3 is 2.62 bits per heavy atom. The van der Waals surface area contributed by atoms with Crippen molar-refractivity contribution in [3.8, 4) is 0 Å². The second kappa shape index (κ2) is 5.19. The van der Waals surface area contributed by atoms with E-state index >= 15 is 0 Å². The third-order valence-electron chi connectivity index (χ3n) is 1.89. The molecule has 0 aromatic carbocycles. The molecule has 1 aliphatic heterocycles. The van der Waals surface area contributed by atoms with Crippen LogP contribution in [0.4, 0.5) is 0 Å². The van der Waals surface area contributed by atoms with E-state index in [1.54, 1.807) is 0 Å². The first-order valence-corrected chi connectivity index (χ1v) is 4.71. The standard InChI is InChI=1S/C9H17NO3/c1-7(2)9(11)10-4-3-8-12-5-6-13-8/h7-8H,3-6H2,1-2H3,(H,10,11). The lowest BCUT2D eigenvalue weighted by Crippen LogP contribution is -2.30. The van der Waals surface area contributed by atoms with Gasteiger partial charge in [0.15, 0.2) is 6.29 Å². The maximum absolute atomic E-state index is 11.1. The van der Waals surface area contributed by atoms with Gasteiger partial charge in [-0.1, -0.05) is 13.8 Å². The number of carbonyl (C=O) groups is 1. The van der Waals surface area contributed by atoms with E-state index in [2.05, 4.69) is 5.32 Å². The number of carbonyl (C=O) groups excluding carboxylic acids is 1. The van der Waals surface area contributed by atoms with Crippen LogP contribution in [0.1, 0.15) is 20.3 Å². The van der Waals surface area contributed by atoms with Crippen LogP contribution in [-0.4, -0.2) is 32.0 Å². The van der Waals surface area contributed by atoms with Gasteiger partial charge in [0.1, 0.15) is 0 Å². The van der Waals surface area contributed by atoms with Gasteiger partial charge in [0.25, 0.3) is 0 Å². The molecule has 0 aromatic heterocycles. The number of rotatable bonds is 4. The first-order valence-electron chi connectivity index (χ1n) is 4.71. The lowest BCUT2D eigenvalue weighted by Gasteiger charge is -2.10. The first-order chi connectivity index (χ1) is 6.20. The second-order valence-electron chi connectivity index (χ2n) is 3.41. The summed E-state index contributed by atoms with van der Waals surface area (Å²) < 4.78 is 10.4. The molecule has 4 nitrogen and oxygen atoms in total. The molecule has 0 aliphatic carbocycles. The molecule has 1 fully saturated rings. The molecule has 1 aliphatic rings. The molecule has 0 saturated carbocycles. The van der Waals surface area contributed by atoms with Crippen LogP contribution in [0, 0.1) is 5.92 Å². The maximum Gasteiger partial charge on any atom is 0.222 e. The minimum absolute atomic E-state index is 0.0467. The Labute approximate surface area is 78.6 Å². The van der Waals surface area contributed by atoms with Gasteiger partial charge in [-0.3, -0.25) is 4.79 Å². The molecule has 1 rings (SSSR count). The number of nitrogens with one attached hydrogen (secondary N) is 1. The molecule has 1 saturated heterocycles. The number of hydrogen-bond acceptors (Lipinski definition) is 3. The molecule has 0 spiro atoms. The Morgan fingerprint density at radius 1 is 1.46 bits per heavy atom. The Balaban J connectivity index is 2.03. The molecule has 1 heterocycles. The van der Waals surface area contributed by atoms with Gasteiger partial charge in [0.2, 0.25) is 5.91 Å². The Hall–Kier alpha value is -0.610. The average molecular weight is 187 g/mol. The Morgan fingerprint density at radius 2 is 2.08 bits per heavy atom. The Kier molecular flexibility index (Phi) is 4.18. The zero-order valence-corrected chi connectivity index (χ0v) is 8.21. The predicted molar refractivity (Wildman–Crippen MR) is 48.2 cm³/mol. The van der Waals surface area contributed by atoms with Crippen molar-refractivity contribution in [1.29, 1.82) is 0 Å². The topological polar surface area (TPSA) is 47.6 Å². The highest BCUT2D eigenvalue weighted by Crippen LogP contribution is 2.06. The molecule has 0 bridgehead atoms. The summed E-state index contributed by atoms with van der Waals surface area (Å²) in [6.45, 7) is 5.71. The van der Waals surface area contributed by atoms with E-state index in [9.17, 15) is 4.79 Å². The highest BCUT2D eigenvalue weighted by molar-refractivity contribution is 5.77. The van der Waals surface area contributed by atoms with Gasteiger partial charge in [0, 0.05) is 18.9 Å². The highest BCUT2D eigenvalue weighted by Gasteiger charge is 2.15. The van der Waals surface area contributed by atoms with Crippen molar-refractivity contribution in [1.82, 2.24) is 5.32 Å². The molecule has 76 valence electrons.